The minimum atomic E-state index is -1.08. The first-order valence-corrected chi connectivity index (χ1v) is 8.91. The molecule has 4 aromatic rings. The summed E-state index contributed by atoms with van der Waals surface area (Å²) in [6.07, 6.45) is 0.309. The lowest BCUT2D eigenvalue weighted by Gasteiger charge is -2.18. The third-order valence-electron chi connectivity index (χ3n) is 4.34. The Morgan fingerprint density at radius 3 is 2.17 bits per heavy atom. The molecule has 0 unspecified atom stereocenters. The molecule has 0 bridgehead atoms. The van der Waals surface area contributed by atoms with Gasteiger partial charge in [-0.25, -0.2) is 4.79 Å². The second-order valence-corrected chi connectivity index (χ2v) is 6.20. The van der Waals surface area contributed by atoms with Crippen molar-refractivity contribution >= 4 is 11.8 Å². The number of para-hydroxylation sites is 1. The maximum atomic E-state index is 13.1. The van der Waals surface area contributed by atoms with Crippen molar-refractivity contribution in [2.45, 2.75) is 6.10 Å². The van der Waals surface area contributed by atoms with Gasteiger partial charge in [0.2, 0.25) is 5.78 Å². The van der Waals surface area contributed by atoms with Crippen molar-refractivity contribution in [1.82, 2.24) is 20.2 Å². The van der Waals surface area contributed by atoms with Crippen LogP contribution in [0.3, 0.4) is 0 Å². The average molecular weight is 384 g/mol. The molecule has 0 radical (unpaired) electrons. The van der Waals surface area contributed by atoms with Crippen LogP contribution in [0.25, 0.3) is 5.69 Å². The Balaban J connectivity index is 1.69. The summed E-state index contributed by atoms with van der Waals surface area (Å²) < 4.78 is 7.08. The fourth-order valence-corrected chi connectivity index (χ4v) is 2.94. The zero-order chi connectivity index (χ0) is 20.1. The van der Waals surface area contributed by atoms with Crippen LogP contribution >= 0.6 is 0 Å². The first kappa shape index (κ1) is 18.2. The van der Waals surface area contributed by atoms with E-state index in [1.165, 1.54) is 11.0 Å². The standard InChI is InChI=1S/C22H16N4O3/c27-20(16-9-3-1-4-10-16)21(17-11-5-2-6-12-17)29-22(28)18-13-7-8-14-19(18)26-15-23-24-25-26/h1-15,21H/t21-/m1/s1. The van der Waals surface area contributed by atoms with Gasteiger partial charge in [0.15, 0.2) is 6.10 Å². The highest BCUT2D eigenvalue weighted by molar-refractivity contribution is 6.02. The molecule has 4 rings (SSSR count). The van der Waals surface area contributed by atoms with Gasteiger partial charge in [-0.05, 0) is 22.6 Å². The first-order valence-electron chi connectivity index (χ1n) is 8.91. The summed E-state index contributed by atoms with van der Waals surface area (Å²) in [6.45, 7) is 0. The quantitative estimate of drug-likeness (QED) is 0.374. The molecule has 0 saturated carbocycles. The van der Waals surface area contributed by atoms with Crippen LogP contribution in [0.5, 0.6) is 0 Å². The summed E-state index contributed by atoms with van der Waals surface area (Å²) in [7, 11) is 0. The topological polar surface area (TPSA) is 87.0 Å². The highest BCUT2D eigenvalue weighted by Crippen LogP contribution is 2.25. The molecule has 1 heterocycles. The molecule has 1 atom stereocenters. The van der Waals surface area contributed by atoms with E-state index in [1.54, 1.807) is 72.8 Å². The van der Waals surface area contributed by atoms with Crippen LogP contribution in [-0.4, -0.2) is 32.0 Å². The molecule has 3 aromatic carbocycles. The molecule has 7 heteroatoms. The molecule has 0 amide bonds. The number of benzene rings is 3. The zero-order valence-electron chi connectivity index (χ0n) is 15.3. The van der Waals surface area contributed by atoms with Gasteiger partial charge in [0.1, 0.15) is 6.33 Å². The maximum Gasteiger partial charge on any atom is 0.341 e. The Morgan fingerprint density at radius 1 is 0.828 bits per heavy atom. The van der Waals surface area contributed by atoms with Crippen LogP contribution in [0.1, 0.15) is 32.4 Å². The van der Waals surface area contributed by atoms with E-state index >= 15 is 0 Å². The van der Waals surface area contributed by atoms with Gasteiger partial charge in [-0.3, -0.25) is 4.79 Å². The van der Waals surface area contributed by atoms with E-state index in [4.69, 9.17) is 4.74 Å². The summed E-state index contributed by atoms with van der Waals surface area (Å²) in [4.78, 5) is 26.1. The van der Waals surface area contributed by atoms with E-state index in [0.717, 1.165) is 0 Å². The molecule has 1 aromatic heterocycles. The number of nitrogens with zero attached hydrogens (tertiary/aromatic N) is 4. The van der Waals surface area contributed by atoms with Crippen LogP contribution in [0.2, 0.25) is 0 Å². The number of hydrogen-bond donors (Lipinski definition) is 0. The number of Topliss-reactive ketones (excluding diaryl/α,β-unsaturated/α-hetero) is 1. The number of carbonyl (C=O) groups is 2. The molecule has 142 valence electrons. The highest BCUT2D eigenvalue weighted by atomic mass is 16.5. The van der Waals surface area contributed by atoms with E-state index in [-0.39, 0.29) is 11.3 Å². The first-order chi connectivity index (χ1) is 14.2. The van der Waals surface area contributed by atoms with Crippen LogP contribution in [-0.2, 0) is 4.74 Å². The number of ether oxygens (including phenoxy) is 1. The Hall–Kier alpha value is -4.13. The van der Waals surface area contributed by atoms with Crippen LogP contribution < -0.4 is 0 Å². The minimum absolute atomic E-state index is 0.251. The summed E-state index contributed by atoms with van der Waals surface area (Å²) in [5, 5.41) is 11.0. The van der Waals surface area contributed by atoms with E-state index in [9.17, 15) is 9.59 Å². The van der Waals surface area contributed by atoms with Crippen LogP contribution in [0, 0.1) is 0 Å². The largest absolute Gasteiger partial charge is 0.445 e. The summed E-state index contributed by atoms with van der Waals surface area (Å²) in [6, 6.07) is 24.5. The van der Waals surface area contributed by atoms with E-state index in [2.05, 4.69) is 15.5 Å². The number of hydrogen-bond acceptors (Lipinski definition) is 6. The van der Waals surface area contributed by atoms with Gasteiger partial charge < -0.3 is 4.74 Å². The number of ketones is 1. The highest BCUT2D eigenvalue weighted by Gasteiger charge is 2.27. The maximum absolute atomic E-state index is 13.1. The lowest BCUT2D eigenvalue weighted by Crippen LogP contribution is -2.21. The number of aromatic nitrogens is 4. The molecule has 0 fully saturated rings. The predicted octanol–water partition coefficient (Wildman–Crippen LogP) is 3.44. The Morgan fingerprint density at radius 2 is 1.48 bits per heavy atom. The Labute approximate surface area is 166 Å². The van der Waals surface area contributed by atoms with Gasteiger partial charge in [-0.2, -0.15) is 4.68 Å². The summed E-state index contributed by atoms with van der Waals surface area (Å²) >= 11 is 0. The second kappa shape index (κ2) is 8.26. The van der Waals surface area contributed by atoms with Crippen molar-refractivity contribution in [2.24, 2.45) is 0 Å². The van der Waals surface area contributed by atoms with E-state index in [0.29, 0.717) is 16.8 Å². The molecular weight excluding hydrogens is 368 g/mol. The molecule has 0 N–H and O–H groups in total. The Kier molecular flexibility index (Phi) is 5.20. The zero-order valence-corrected chi connectivity index (χ0v) is 15.3. The van der Waals surface area contributed by atoms with Crippen molar-refractivity contribution in [3.63, 3.8) is 0 Å². The third-order valence-corrected chi connectivity index (χ3v) is 4.34. The number of tetrazole rings is 1. The molecule has 0 saturated heterocycles. The molecule has 0 aliphatic rings. The molecule has 0 spiro atoms. The van der Waals surface area contributed by atoms with Gasteiger partial charge >= 0.3 is 5.97 Å². The van der Waals surface area contributed by atoms with E-state index < -0.39 is 12.1 Å². The van der Waals surface area contributed by atoms with Gasteiger partial charge in [0, 0.05) is 11.1 Å². The van der Waals surface area contributed by atoms with Gasteiger partial charge in [-0.1, -0.05) is 72.8 Å². The second-order valence-electron chi connectivity index (χ2n) is 6.20. The molecule has 29 heavy (non-hydrogen) atoms. The van der Waals surface area contributed by atoms with Gasteiger partial charge in [-0.15, -0.1) is 5.10 Å². The van der Waals surface area contributed by atoms with Crippen molar-refractivity contribution in [2.75, 3.05) is 0 Å². The average Bonchev–Trinajstić information content (AvgIpc) is 3.33. The van der Waals surface area contributed by atoms with Crippen molar-refractivity contribution in [3.8, 4) is 5.69 Å². The molecule has 0 aliphatic carbocycles. The number of rotatable bonds is 6. The SMILES string of the molecule is O=C(O[C@@H](C(=O)c1ccccc1)c1ccccc1)c1ccccc1-n1cnnn1. The van der Waals surface area contributed by atoms with Crippen LogP contribution in [0.15, 0.2) is 91.3 Å². The van der Waals surface area contributed by atoms with Gasteiger partial charge in [0.25, 0.3) is 0 Å². The fourth-order valence-electron chi connectivity index (χ4n) is 2.94. The number of carbonyl (C=O) groups excluding carboxylic acids is 2. The third kappa shape index (κ3) is 3.93. The lowest BCUT2D eigenvalue weighted by atomic mass is 9.99. The lowest BCUT2D eigenvalue weighted by molar-refractivity contribution is 0.0280. The van der Waals surface area contributed by atoms with Crippen LogP contribution in [0.4, 0.5) is 0 Å². The normalized spacial score (nSPS) is 11.6. The Bertz CT molecular complexity index is 1110. The monoisotopic (exact) mass is 384 g/mol. The minimum Gasteiger partial charge on any atom is -0.445 e. The summed E-state index contributed by atoms with van der Waals surface area (Å²) in [5.41, 5.74) is 1.76. The number of esters is 1. The van der Waals surface area contributed by atoms with E-state index in [1.807, 2.05) is 12.1 Å². The predicted molar refractivity (Wildman–Crippen MR) is 105 cm³/mol. The smallest absolute Gasteiger partial charge is 0.341 e. The van der Waals surface area contributed by atoms with Gasteiger partial charge in [0.05, 0.1) is 11.3 Å². The fraction of sp³-hybridized carbons (Fsp3) is 0.0455. The summed E-state index contributed by atoms with van der Waals surface area (Å²) in [5.74, 6) is -0.945. The van der Waals surface area contributed by atoms with Crippen molar-refractivity contribution < 1.29 is 14.3 Å². The molecule has 0 aliphatic heterocycles. The van der Waals surface area contributed by atoms with Crippen molar-refractivity contribution in [3.05, 3.63) is 108 Å². The molecule has 7 nitrogen and oxygen atoms in total. The van der Waals surface area contributed by atoms with Crippen molar-refractivity contribution in [1.29, 1.82) is 0 Å². The molecular formula is C22H16N4O3.